The predicted octanol–water partition coefficient (Wildman–Crippen LogP) is 0.760. The van der Waals surface area contributed by atoms with Crippen molar-refractivity contribution in [2.45, 2.75) is 52.9 Å². The predicted molar refractivity (Wildman–Crippen MR) is 77.5 cm³/mol. The summed E-state index contributed by atoms with van der Waals surface area (Å²) in [6.45, 7) is 6.86. The molecule has 0 N–H and O–H groups in total. The Balaban J connectivity index is 1.89. The van der Waals surface area contributed by atoms with E-state index in [1.807, 2.05) is 20.8 Å². The zero-order valence-electron chi connectivity index (χ0n) is 13.6. The molecule has 122 valence electrons. The van der Waals surface area contributed by atoms with E-state index >= 15 is 0 Å². The largest absolute Gasteiger partial charge is 0.550 e. The number of hydrogen-bond donors (Lipinski definition) is 0. The lowest BCUT2D eigenvalue weighted by molar-refractivity contribution is -0.312. The molecular formula is C17H24NO4-. The maximum Gasteiger partial charge on any atom is 0.229 e. The van der Waals surface area contributed by atoms with Crippen LogP contribution in [0.3, 0.4) is 0 Å². The van der Waals surface area contributed by atoms with Crippen LogP contribution in [0.5, 0.6) is 0 Å². The fourth-order valence-electron chi connectivity index (χ4n) is 4.99. The van der Waals surface area contributed by atoms with Gasteiger partial charge in [-0.3, -0.25) is 9.59 Å². The summed E-state index contributed by atoms with van der Waals surface area (Å²) in [5, 5.41) is 11.1. The number of hydrogen-bond acceptors (Lipinski definition) is 4. The number of carboxylic acids is 1. The molecule has 3 fully saturated rings. The third-order valence-corrected chi connectivity index (χ3v) is 7.16. The van der Waals surface area contributed by atoms with Crippen LogP contribution in [0.25, 0.3) is 0 Å². The van der Waals surface area contributed by atoms with Crippen molar-refractivity contribution in [3.63, 3.8) is 0 Å². The van der Waals surface area contributed by atoms with E-state index in [0.717, 1.165) is 12.8 Å². The smallest absolute Gasteiger partial charge is 0.229 e. The van der Waals surface area contributed by atoms with Crippen LogP contribution in [-0.4, -0.2) is 35.6 Å². The Hall–Kier alpha value is -1.39. The highest BCUT2D eigenvalue weighted by Crippen LogP contribution is 2.71. The van der Waals surface area contributed by atoms with Crippen LogP contribution < -0.4 is 5.11 Å². The molecular weight excluding hydrogens is 282 g/mol. The number of likely N-dealkylation sites (tertiary alicyclic amines) is 1. The van der Waals surface area contributed by atoms with E-state index in [-0.39, 0.29) is 23.7 Å². The fourth-order valence-corrected chi connectivity index (χ4v) is 4.99. The van der Waals surface area contributed by atoms with Gasteiger partial charge >= 0.3 is 0 Å². The third kappa shape index (κ3) is 1.68. The van der Waals surface area contributed by atoms with Crippen molar-refractivity contribution in [3.8, 4) is 0 Å². The summed E-state index contributed by atoms with van der Waals surface area (Å²) in [5.41, 5.74) is -1.44. The summed E-state index contributed by atoms with van der Waals surface area (Å²) >= 11 is 0. The number of carbonyl (C=O) groups is 3. The Bertz CT molecular complexity index is 555. The van der Waals surface area contributed by atoms with E-state index in [2.05, 4.69) is 0 Å². The van der Waals surface area contributed by atoms with Gasteiger partial charge in [0.25, 0.3) is 0 Å². The third-order valence-electron chi connectivity index (χ3n) is 7.16. The second-order valence-corrected chi connectivity index (χ2v) is 8.05. The summed E-state index contributed by atoms with van der Waals surface area (Å²) in [7, 11) is 0. The van der Waals surface area contributed by atoms with E-state index in [0.29, 0.717) is 25.8 Å². The van der Waals surface area contributed by atoms with Crippen LogP contribution in [0.2, 0.25) is 0 Å². The average Bonchev–Trinajstić information content (AvgIpc) is 2.77. The van der Waals surface area contributed by atoms with E-state index in [1.54, 1.807) is 4.90 Å². The lowest BCUT2D eigenvalue weighted by atomic mass is 9.64. The number of aliphatic carboxylic acids is 1. The zero-order valence-corrected chi connectivity index (χ0v) is 13.6. The van der Waals surface area contributed by atoms with Crippen molar-refractivity contribution in [3.05, 3.63) is 0 Å². The minimum atomic E-state index is -1.08. The lowest BCUT2D eigenvalue weighted by Crippen LogP contribution is -2.53. The van der Waals surface area contributed by atoms with Gasteiger partial charge in [-0.25, -0.2) is 0 Å². The number of Topliss-reactive ketones (excluding diaryl/α,β-unsaturated/α-hetero) is 1. The zero-order chi connectivity index (χ0) is 16.3. The van der Waals surface area contributed by atoms with Crippen LogP contribution in [0.1, 0.15) is 52.9 Å². The second kappa shape index (κ2) is 4.56. The van der Waals surface area contributed by atoms with Gasteiger partial charge in [0.15, 0.2) is 0 Å². The van der Waals surface area contributed by atoms with Gasteiger partial charge < -0.3 is 14.8 Å². The summed E-state index contributed by atoms with van der Waals surface area (Å²) < 4.78 is 0. The molecule has 3 aliphatic rings. The van der Waals surface area contributed by atoms with E-state index in [4.69, 9.17) is 0 Å². The Morgan fingerprint density at radius 1 is 1.23 bits per heavy atom. The minimum Gasteiger partial charge on any atom is -0.550 e. The van der Waals surface area contributed by atoms with Crippen molar-refractivity contribution in [2.24, 2.45) is 22.2 Å². The molecule has 0 spiro atoms. The fraction of sp³-hybridized carbons (Fsp3) is 0.824. The maximum absolute atomic E-state index is 13.2. The Kier molecular flexibility index (Phi) is 3.21. The van der Waals surface area contributed by atoms with Crippen LogP contribution in [0, 0.1) is 22.2 Å². The number of carbonyl (C=O) groups excluding carboxylic acids is 3. The van der Waals surface area contributed by atoms with Crippen LogP contribution in [0.15, 0.2) is 0 Å². The number of fused-ring (bicyclic) bond motifs is 2. The monoisotopic (exact) mass is 306 g/mol. The van der Waals surface area contributed by atoms with Crippen molar-refractivity contribution < 1.29 is 19.5 Å². The highest BCUT2D eigenvalue weighted by molar-refractivity contribution is 5.99. The Morgan fingerprint density at radius 2 is 1.91 bits per heavy atom. The molecule has 0 unspecified atom stereocenters. The van der Waals surface area contributed by atoms with Crippen molar-refractivity contribution in [1.82, 2.24) is 4.90 Å². The van der Waals surface area contributed by atoms with Gasteiger partial charge in [0, 0.05) is 36.8 Å². The SMILES string of the molecule is CC1(C)[C@@]2(C(=O)N3CCC[C@H](C(=O)[O-])C3)CC[C@@]1(C)C(=O)C2. The van der Waals surface area contributed by atoms with Crippen molar-refractivity contribution in [1.29, 1.82) is 0 Å². The van der Waals surface area contributed by atoms with Gasteiger partial charge in [-0.05, 0) is 31.1 Å². The highest BCUT2D eigenvalue weighted by Gasteiger charge is 2.73. The molecule has 0 aromatic heterocycles. The molecule has 2 bridgehead atoms. The van der Waals surface area contributed by atoms with Gasteiger partial charge in [-0.15, -0.1) is 0 Å². The van der Waals surface area contributed by atoms with Crippen LogP contribution in [0.4, 0.5) is 0 Å². The van der Waals surface area contributed by atoms with Gasteiger partial charge in [-0.2, -0.15) is 0 Å². The standard InChI is InChI=1S/C17H25NO4/c1-15(2)16(3)6-7-17(15,9-12(16)19)14(22)18-8-4-5-11(10-18)13(20)21/h11H,4-10H2,1-3H3,(H,20,21)/p-1/t11-,16-,17-/m0/s1. The van der Waals surface area contributed by atoms with Gasteiger partial charge in [0.2, 0.25) is 5.91 Å². The van der Waals surface area contributed by atoms with Gasteiger partial charge in [0.05, 0.1) is 5.41 Å². The first kappa shape index (κ1) is 15.5. The topological polar surface area (TPSA) is 77.5 Å². The van der Waals surface area contributed by atoms with E-state index in [9.17, 15) is 19.5 Å². The number of piperidine rings is 1. The Morgan fingerprint density at radius 3 is 2.41 bits per heavy atom. The molecule has 0 aromatic carbocycles. The molecule has 1 saturated heterocycles. The number of rotatable bonds is 2. The first-order valence-electron chi connectivity index (χ1n) is 8.19. The van der Waals surface area contributed by atoms with E-state index in [1.165, 1.54) is 0 Å². The van der Waals surface area contributed by atoms with Crippen LogP contribution >= 0.6 is 0 Å². The lowest BCUT2D eigenvalue weighted by Gasteiger charge is -2.43. The number of amides is 1. The van der Waals surface area contributed by atoms with Crippen molar-refractivity contribution in [2.75, 3.05) is 13.1 Å². The first-order chi connectivity index (χ1) is 10.2. The first-order valence-corrected chi connectivity index (χ1v) is 8.19. The summed E-state index contributed by atoms with van der Waals surface area (Å²) in [6.07, 6.45) is 3.04. The Labute approximate surface area is 131 Å². The maximum atomic E-state index is 13.2. The summed E-state index contributed by atoms with van der Waals surface area (Å²) in [5.74, 6) is -1.49. The molecule has 3 rings (SSSR count). The minimum absolute atomic E-state index is 0.0157. The molecule has 1 aliphatic heterocycles. The molecule has 0 aromatic rings. The molecule has 5 heteroatoms. The molecule has 0 radical (unpaired) electrons. The summed E-state index contributed by atoms with van der Waals surface area (Å²) in [6, 6.07) is 0. The van der Waals surface area contributed by atoms with Gasteiger partial charge in [-0.1, -0.05) is 20.8 Å². The summed E-state index contributed by atoms with van der Waals surface area (Å²) in [4.78, 5) is 38.5. The highest BCUT2D eigenvalue weighted by atomic mass is 16.4. The molecule has 1 amide bonds. The molecule has 2 saturated carbocycles. The number of carboxylic acid groups (broad SMARTS) is 1. The molecule has 2 aliphatic carbocycles. The molecule has 22 heavy (non-hydrogen) atoms. The molecule has 3 atom stereocenters. The second-order valence-electron chi connectivity index (χ2n) is 8.05. The quantitative estimate of drug-likeness (QED) is 0.754. The number of nitrogens with zero attached hydrogens (tertiary/aromatic N) is 1. The van der Waals surface area contributed by atoms with Crippen molar-refractivity contribution >= 4 is 17.7 Å². The molecule has 1 heterocycles. The average molecular weight is 306 g/mol. The van der Waals surface area contributed by atoms with Gasteiger partial charge in [0.1, 0.15) is 5.78 Å². The van der Waals surface area contributed by atoms with Crippen LogP contribution in [-0.2, 0) is 14.4 Å². The molecule has 5 nitrogen and oxygen atoms in total. The number of ketones is 1. The van der Waals surface area contributed by atoms with E-state index < -0.39 is 22.7 Å². The normalized spacial score (nSPS) is 40.0.